The van der Waals surface area contributed by atoms with E-state index in [1.165, 1.54) is 0 Å². The molecule has 152 valence electrons. The first-order chi connectivity index (χ1) is 15.2. The number of aromatic nitrogens is 5. The van der Waals surface area contributed by atoms with Gasteiger partial charge in [0.1, 0.15) is 11.5 Å². The summed E-state index contributed by atoms with van der Waals surface area (Å²) in [7, 11) is 1.68. The van der Waals surface area contributed by atoms with Gasteiger partial charge in [0.25, 0.3) is 0 Å². The Morgan fingerprint density at radius 2 is 1.97 bits per heavy atom. The molecule has 0 amide bonds. The lowest BCUT2D eigenvalue weighted by Crippen LogP contribution is -1.90. The van der Waals surface area contributed by atoms with E-state index in [2.05, 4.69) is 27.4 Å². The van der Waals surface area contributed by atoms with Gasteiger partial charge in [0.15, 0.2) is 0 Å². The number of aromatic amines is 1. The van der Waals surface area contributed by atoms with E-state index in [1.807, 2.05) is 61.2 Å². The summed E-state index contributed by atoms with van der Waals surface area (Å²) in [5, 5.41) is 10.7. The van der Waals surface area contributed by atoms with Crippen LogP contribution in [0.4, 0.5) is 0 Å². The summed E-state index contributed by atoms with van der Waals surface area (Å²) in [6.07, 6.45) is 5.63. The molecule has 7 heteroatoms. The summed E-state index contributed by atoms with van der Waals surface area (Å²) in [5.74, 6) is 1.53. The third-order valence-corrected chi connectivity index (χ3v) is 5.81. The average molecular weight is 409 g/mol. The zero-order chi connectivity index (χ0) is 21.1. The summed E-state index contributed by atoms with van der Waals surface area (Å²) in [4.78, 5) is 8.29. The highest BCUT2D eigenvalue weighted by Gasteiger charge is 2.20. The van der Waals surface area contributed by atoms with Crippen molar-refractivity contribution in [2.24, 2.45) is 0 Å². The number of benzene rings is 1. The highest BCUT2D eigenvalue weighted by atomic mass is 16.5. The Bertz CT molecular complexity index is 1590. The van der Waals surface area contributed by atoms with E-state index in [1.54, 1.807) is 7.11 Å². The van der Waals surface area contributed by atoms with Gasteiger partial charge in [0, 0.05) is 39.8 Å². The Balaban J connectivity index is 1.68. The average Bonchev–Trinajstić information content (AvgIpc) is 3.47. The molecule has 6 aromatic rings. The van der Waals surface area contributed by atoms with E-state index < -0.39 is 0 Å². The minimum atomic E-state index is 0.762. The smallest absolute Gasteiger partial charge is 0.141 e. The van der Waals surface area contributed by atoms with Crippen molar-refractivity contribution in [3.05, 3.63) is 66.4 Å². The molecule has 31 heavy (non-hydrogen) atoms. The molecular formula is C24H19N5O2. The summed E-state index contributed by atoms with van der Waals surface area (Å²) in [6.45, 7) is 3.85. The van der Waals surface area contributed by atoms with Crippen molar-refractivity contribution < 1.29 is 9.26 Å². The zero-order valence-electron chi connectivity index (χ0n) is 17.3. The van der Waals surface area contributed by atoms with E-state index in [0.29, 0.717) is 0 Å². The molecular weight excluding hydrogens is 390 g/mol. The van der Waals surface area contributed by atoms with Gasteiger partial charge in [-0.05, 0) is 44.2 Å². The van der Waals surface area contributed by atoms with Gasteiger partial charge >= 0.3 is 0 Å². The molecule has 0 saturated carbocycles. The van der Waals surface area contributed by atoms with Crippen LogP contribution in [0.5, 0.6) is 5.75 Å². The predicted molar refractivity (Wildman–Crippen MR) is 119 cm³/mol. The second-order valence-corrected chi connectivity index (χ2v) is 7.59. The molecule has 0 atom stereocenters. The maximum Gasteiger partial charge on any atom is 0.141 e. The van der Waals surface area contributed by atoms with Gasteiger partial charge in [-0.3, -0.25) is 4.98 Å². The van der Waals surface area contributed by atoms with Crippen LogP contribution >= 0.6 is 0 Å². The lowest BCUT2D eigenvalue weighted by atomic mass is 9.99. The van der Waals surface area contributed by atoms with Crippen molar-refractivity contribution >= 4 is 27.3 Å². The lowest BCUT2D eigenvalue weighted by molar-refractivity contribution is 0.393. The number of methoxy groups -OCH3 is 1. The molecule has 5 heterocycles. The first-order valence-electron chi connectivity index (χ1n) is 10.00. The molecule has 0 saturated heterocycles. The van der Waals surface area contributed by atoms with Crippen LogP contribution in [0, 0.1) is 13.8 Å². The molecule has 0 bridgehead atoms. The van der Waals surface area contributed by atoms with Crippen LogP contribution in [-0.4, -0.2) is 31.8 Å². The van der Waals surface area contributed by atoms with Gasteiger partial charge < -0.3 is 14.2 Å². The number of hydrogen-bond donors (Lipinski definition) is 1. The Hall–Kier alpha value is -4.13. The number of rotatable bonds is 3. The standard InChI is InChI=1S/C24H19N5O2/c1-13-22(14(2)31-28-13)16-10-19-15(11-21(16)30-3)23-18(27-19)7-8-25-24(23)17-12-26-29-9-5-4-6-20(17)29/h4-12,27H,1-3H3. The number of ether oxygens (including phenoxy) is 1. The highest BCUT2D eigenvalue weighted by Crippen LogP contribution is 2.41. The third-order valence-electron chi connectivity index (χ3n) is 5.81. The monoisotopic (exact) mass is 409 g/mol. The summed E-state index contributed by atoms with van der Waals surface area (Å²) in [5.41, 5.74) is 7.63. The number of H-pyrrole nitrogens is 1. The van der Waals surface area contributed by atoms with Crippen LogP contribution in [0.2, 0.25) is 0 Å². The van der Waals surface area contributed by atoms with Gasteiger partial charge in [-0.1, -0.05) is 11.2 Å². The summed E-state index contributed by atoms with van der Waals surface area (Å²) >= 11 is 0. The molecule has 0 spiro atoms. The molecule has 0 aliphatic rings. The molecule has 6 rings (SSSR count). The van der Waals surface area contributed by atoms with E-state index >= 15 is 0 Å². The molecule has 0 aliphatic carbocycles. The first-order valence-corrected chi connectivity index (χ1v) is 10.00. The molecule has 1 N–H and O–H groups in total. The number of aryl methyl sites for hydroxylation is 2. The molecule has 0 radical (unpaired) electrons. The van der Waals surface area contributed by atoms with Crippen LogP contribution in [-0.2, 0) is 0 Å². The maximum absolute atomic E-state index is 5.79. The van der Waals surface area contributed by atoms with E-state index in [9.17, 15) is 0 Å². The minimum Gasteiger partial charge on any atom is -0.496 e. The van der Waals surface area contributed by atoms with Crippen molar-refractivity contribution in [2.45, 2.75) is 13.8 Å². The van der Waals surface area contributed by atoms with Crippen LogP contribution in [0.3, 0.4) is 0 Å². The highest BCUT2D eigenvalue weighted by molar-refractivity contribution is 6.15. The maximum atomic E-state index is 5.79. The molecule has 5 aromatic heterocycles. The van der Waals surface area contributed by atoms with Crippen molar-refractivity contribution in [3.8, 4) is 28.1 Å². The van der Waals surface area contributed by atoms with Gasteiger partial charge in [-0.2, -0.15) is 5.10 Å². The van der Waals surface area contributed by atoms with Crippen LogP contribution in [0.15, 0.2) is 59.5 Å². The fourth-order valence-electron chi connectivity index (χ4n) is 4.43. The van der Waals surface area contributed by atoms with E-state index in [4.69, 9.17) is 14.2 Å². The quantitative estimate of drug-likeness (QED) is 0.428. The molecule has 1 aromatic carbocycles. The van der Waals surface area contributed by atoms with Crippen LogP contribution in [0.25, 0.3) is 49.7 Å². The van der Waals surface area contributed by atoms with Gasteiger partial charge in [-0.25, -0.2) is 4.52 Å². The molecule has 0 unspecified atom stereocenters. The second-order valence-electron chi connectivity index (χ2n) is 7.59. The van der Waals surface area contributed by atoms with Crippen molar-refractivity contribution in [1.29, 1.82) is 0 Å². The third kappa shape index (κ3) is 2.49. The zero-order valence-corrected chi connectivity index (χ0v) is 17.3. The predicted octanol–water partition coefficient (Wildman–Crippen LogP) is 5.31. The van der Waals surface area contributed by atoms with Crippen LogP contribution in [0.1, 0.15) is 11.5 Å². The Morgan fingerprint density at radius 3 is 2.77 bits per heavy atom. The number of pyridine rings is 2. The number of nitrogens with one attached hydrogen (secondary N) is 1. The molecule has 0 aliphatic heterocycles. The Kier molecular flexibility index (Phi) is 3.67. The van der Waals surface area contributed by atoms with Crippen molar-refractivity contribution in [1.82, 2.24) is 24.7 Å². The largest absolute Gasteiger partial charge is 0.496 e. The van der Waals surface area contributed by atoms with Crippen molar-refractivity contribution in [2.75, 3.05) is 7.11 Å². The lowest BCUT2D eigenvalue weighted by Gasteiger charge is -2.09. The van der Waals surface area contributed by atoms with Gasteiger partial charge in [0.05, 0.1) is 41.3 Å². The topological polar surface area (TPSA) is 81.2 Å². The van der Waals surface area contributed by atoms with Crippen molar-refractivity contribution in [3.63, 3.8) is 0 Å². The number of hydrogen-bond acceptors (Lipinski definition) is 5. The fourth-order valence-corrected chi connectivity index (χ4v) is 4.43. The van der Waals surface area contributed by atoms with E-state index in [-0.39, 0.29) is 0 Å². The Morgan fingerprint density at radius 1 is 1.06 bits per heavy atom. The molecule has 7 nitrogen and oxygen atoms in total. The fraction of sp³-hybridized carbons (Fsp3) is 0.125. The number of fused-ring (bicyclic) bond motifs is 4. The minimum absolute atomic E-state index is 0.762. The van der Waals surface area contributed by atoms with E-state index in [0.717, 1.165) is 66.9 Å². The van der Waals surface area contributed by atoms with Gasteiger partial charge in [0.2, 0.25) is 0 Å². The second kappa shape index (κ2) is 6.43. The normalized spacial score (nSPS) is 11.7. The van der Waals surface area contributed by atoms with Crippen LogP contribution < -0.4 is 4.74 Å². The Labute approximate surface area is 177 Å². The first kappa shape index (κ1) is 17.7. The summed E-state index contributed by atoms with van der Waals surface area (Å²) in [6, 6.07) is 12.2. The number of nitrogens with zero attached hydrogens (tertiary/aromatic N) is 4. The SMILES string of the molecule is COc1cc2c(cc1-c1c(C)noc1C)[nH]c1ccnc(-c3cnn4ccccc34)c12. The van der Waals surface area contributed by atoms with Gasteiger partial charge in [-0.15, -0.1) is 0 Å². The molecule has 0 fully saturated rings. The summed E-state index contributed by atoms with van der Waals surface area (Å²) < 4.78 is 13.0.